The first-order valence-corrected chi connectivity index (χ1v) is 12.5. The van der Waals surface area contributed by atoms with Gasteiger partial charge in [-0.25, -0.2) is 0 Å². The van der Waals surface area contributed by atoms with Gasteiger partial charge in [-0.15, -0.1) is 0 Å². The lowest BCUT2D eigenvalue weighted by atomic mass is 10.2. The van der Waals surface area contributed by atoms with E-state index < -0.39 is 8.32 Å². The molecule has 28 heavy (non-hydrogen) atoms. The Balaban J connectivity index is 2.33. The fraction of sp³-hybridized carbons (Fsp3) is 0.478. The second-order valence-corrected chi connectivity index (χ2v) is 14.0. The molecular weight excluding hydrogens is 388 g/mol. The van der Waals surface area contributed by atoms with Crippen LogP contribution >= 0.6 is 11.6 Å². The molecule has 1 N–H and O–H groups in total. The molecule has 0 aliphatic carbocycles. The smallest absolute Gasteiger partial charge is 0.258 e. The van der Waals surface area contributed by atoms with Gasteiger partial charge in [-0.05, 0) is 28.3 Å². The summed E-state index contributed by atoms with van der Waals surface area (Å²) >= 11 is 6.55. The zero-order chi connectivity index (χ0) is 20.9. The number of hydrogen-bond donors (Lipinski definition) is 1. The molecule has 0 saturated heterocycles. The van der Waals surface area contributed by atoms with E-state index in [4.69, 9.17) is 20.8 Å². The molecule has 2 rings (SSSR count). The van der Waals surface area contributed by atoms with Crippen LogP contribution in [0.4, 0.5) is 0 Å². The summed E-state index contributed by atoms with van der Waals surface area (Å²) in [5, 5.41) is 10.4. The van der Waals surface area contributed by atoms with Gasteiger partial charge in [0.1, 0.15) is 18.1 Å². The highest BCUT2D eigenvalue weighted by Gasteiger charge is 2.47. The summed E-state index contributed by atoms with van der Waals surface area (Å²) in [6, 6.07) is 13.6. The van der Waals surface area contributed by atoms with Gasteiger partial charge in [0.05, 0.1) is 11.6 Å². The van der Waals surface area contributed by atoms with Gasteiger partial charge in [0.25, 0.3) is 8.32 Å². The molecule has 0 unspecified atom stereocenters. The predicted octanol–water partition coefficient (Wildman–Crippen LogP) is 6.97. The van der Waals surface area contributed by atoms with Gasteiger partial charge in [-0.1, -0.05) is 83.5 Å². The highest BCUT2D eigenvalue weighted by Crippen LogP contribution is 2.44. The predicted molar refractivity (Wildman–Crippen MR) is 120 cm³/mol. The Morgan fingerprint density at radius 1 is 0.929 bits per heavy atom. The Hall–Kier alpha value is -1.49. The zero-order valence-electron chi connectivity index (χ0n) is 17.8. The maximum Gasteiger partial charge on any atom is 0.258 e. The molecule has 0 atom stereocenters. The van der Waals surface area contributed by atoms with E-state index in [0.29, 0.717) is 39.6 Å². The van der Waals surface area contributed by atoms with Gasteiger partial charge >= 0.3 is 0 Å². The summed E-state index contributed by atoms with van der Waals surface area (Å²) in [6.07, 6.45) is 0. The van der Waals surface area contributed by atoms with Crippen LogP contribution in [0.5, 0.6) is 11.5 Å². The van der Waals surface area contributed by atoms with Gasteiger partial charge in [-0.3, -0.25) is 0 Å². The molecule has 154 valence electrons. The van der Waals surface area contributed by atoms with Crippen molar-refractivity contribution in [1.82, 2.24) is 0 Å². The molecule has 0 aliphatic heterocycles. The molecule has 0 aromatic heterocycles. The summed E-state index contributed by atoms with van der Waals surface area (Å²) in [5.74, 6) is 1.25. The Morgan fingerprint density at radius 2 is 1.50 bits per heavy atom. The summed E-state index contributed by atoms with van der Waals surface area (Å²) in [5.41, 5.74) is 3.07. The molecule has 3 nitrogen and oxygen atoms in total. The topological polar surface area (TPSA) is 38.7 Å². The van der Waals surface area contributed by atoms with E-state index in [-0.39, 0.29) is 6.61 Å². The van der Waals surface area contributed by atoms with Crippen molar-refractivity contribution in [3.63, 3.8) is 0 Å². The molecule has 0 radical (unpaired) electrons. The van der Waals surface area contributed by atoms with Crippen molar-refractivity contribution in [2.75, 3.05) is 0 Å². The summed E-state index contributed by atoms with van der Waals surface area (Å²) in [7, 11) is -2.10. The van der Waals surface area contributed by atoms with Crippen LogP contribution in [0.15, 0.2) is 42.5 Å². The summed E-state index contributed by atoms with van der Waals surface area (Å²) in [6.45, 7) is 13.7. The second-order valence-electron chi connectivity index (χ2n) is 8.25. The SMILES string of the molecule is CC(C)[Si](Oc1cc(Cl)c(OCc2ccccc2)c(CO)c1)(C(C)C)C(C)C. The fourth-order valence-electron chi connectivity index (χ4n) is 4.25. The highest BCUT2D eigenvalue weighted by atomic mass is 35.5. The van der Waals surface area contributed by atoms with E-state index in [9.17, 15) is 5.11 Å². The molecule has 0 bridgehead atoms. The van der Waals surface area contributed by atoms with Crippen molar-refractivity contribution in [3.8, 4) is 11.5 Å². The van der Waals surface area contributed by atoms with E-state index in [2.05, 4.69) is 41.5 Å². The van der Waals surface area contributed by atoms with Crippen LogP contribution in [-0.4, -0.2) is 13.4 Å². The van der Waals surface area contributed by atoms with Crippen LogP contribution in [0.25, 0.3) is 0 Å². The van der Waals surface area contributed by atoms with E-state index in [1.165, 1.54) is 0 Å². The Kier molecular flexibility index (Phi) is 7.99. The number of hydrogen-bond acceptors (Lipinski definition) is 3. The van der Waals surface area contributed by atoms with Crippen molar-refractivity contribution in [1.29, 1.82) is 0 Å². The van der Waals surface area contributed by atoms with Crippen molar-refractivity contribution in [2.45, 2.75) is 71.4 Å². The van der Waals surface area contributed by atoms with Crippen LogP contribution < -0.4 is 9.16 Å². The maximum absolute atomic E-state index is 9.91. The first-order chi connectivity index (χ1) is 13.2. The minimum absolute atomic E-state index is 0.152. The molecule has 5 heteroatoms. The van der Waals surface area contributed by atoms with Crippen molar-refractivity contribution < 1.29 is 14.3 Å². The van der Waals surface area contributed by atoms with Crippen molar-refractivity contribution in [2.24, 2.45) is 0 Å². The van der Waals surface area contributed by atoms with Gasteiger partial charge in [0, 0.05) is 11.6 Å². The molecule has 0 saturated carbocycles. The molecular formula is C23H33ClO3Si. The van der Waals surface area contributed by atoms with Crippen LogP contribution in [0, 0.1) is 0 Å². The number of halogens is 1. The number of ether oxygens (including phenoxy) is 1. The monoisotopic (exact) mass is 420 g/mol. The van der Waals surface area contributed by atoms with Gasteiger partial charge in [-0.2, -0.15) is 0 Å². The van der Waals surface area contributed by atoms with Crippen LogP contribution in [0.1, 0.15) is 52.7 Å². The quantitative estimate of drug-likeness (QED) is 0.445. The molecule has 0 fully saturated rings. The number of benzene rings is 2. The third-order valence-corrected chi connectivity index (χ3v) is 11.8. The van der Waals surface area contributed by atoms with Gasteiger partial charge < -0.3 is 14.3 Å². The zero-order valence-corrected chi connectivity index (χ0v) is 19.6. The Labute approximate surface area is 175 Å². The minimum atomic E-state index is -2.10. The standard InChI is InChI=1S/C23H33ClO3Si/c1-16(2)28(17(3)4,18(5)6)27-21-12-20(14-25)23(22(24)13-21)26-15-19-10-8-7-9-11-19/h7-13,16-18,25H,14-15H2,1-6H3. The lowest BCUT2D eigenvalue weighted by Crippen LogP contribution is -2.50. The number of aliphatic hydroxyl groups is 1. The highest BCUT2D eigenvalue weighted by molar-refractivity contribution is 6.78. The van der Waals surface area contributed by atoms with Gasteiger partial charge in [0.2, 0.25) is 0 Å². The first kappa shape index (κ1) is 22.8. The third-order valence-electron chi connectivity index (χ3n) is 5.49. The average Bonchev–Trinajstić information content (AvgIpc) is 2.64. The minimum Gasteiger partial charge on any atom is -0.543 e. The van der Waals surface area contributed by atoms with E-state index in [1.807, 2.05) is 42.5 Å². The summed E-state index contributed by atoms with van der Waals surface area (Å²) < 4.78 is 12.7. The fourth-order valence-corrected chi connectivity index (χ4v) is 9.76. The largest absolute Gasteiger partial charge is 0.543 e. The van der Waals surface area contributed by atoms with E-state index in [0.717, 1.165) is 11.3 Å². The van der Waals surface area contributed by atoms with Gasteiger partial charge in [0.15, 0.2) is 0 Å². The van der Waals surface area contributed by atoms with Crippen LogP contribution in [-0.2, 0) is 13.2 Å². The lowest BCUT2D eigenvalue weighted by molar-refractivity contribution is 0.258. The molecule has 0 spiro atoms. The maximum atomic E-state index is 9.91. The summed E-state index contributed by atoms with van der Waals surface area (Å²) in [4.78, 5) is 0. The van der Waals surface area contributed by atoms with Crippen LogP contribution in [0.3, 0.4) is 0 Å². The molecule has 2 aromatic rings. The van der Waals surface area contributed by atoms with E-state index >= 15 is 0 Å². The number of rotatable bonds is 9. The number of aliphatic hydroxyl groups excluding tert-OH is 1. The average molecular weight is 421 g/mol. The lowest BCUT2D eigenvalue weighted by Gasteiger charge is -2.42. The Bertz CT molecular complexity index is 738. The van der Waals surface area contributed by atoms with E-state index in [1.54, 1.807) is 0 Å². The van der Waals surface area contributed by atoms with Crippen LogP contribution in [0.2, 0.25) is 21.6 Å². The second kappa shape index (κ2) is 9.81. The van der Waals surface area contributed by atoms with Crippen molar-refractivity contribution in [3.05, 3.63) is 58.6 Å². The molecule has 0 heterocycles. The molecule has 0 aliphatic rings. The molecule has 2 aromatic carbocycles. The Morgan fingerprint density at radius 3 is 2.00 bits per heavy atom. The normalized spacial score (nSPS) is 12.1. The molecule has 0 amide bonds. The van der Waals surface area contributed by atoms with Crippen molar-refractivity contribution >= 4 is 19.9 Å². The first-order valence-electron chi connectivity index (χ1n) is 10.0. The third kappa shape index (κ3) is 4.91.